The van der Waals surface area contributed by atoms with Crippen molar-refractivity contribution >= 4 is 11.6 Å². The fourth-order valence-corrected chi connectivity index (χ4v) is 1.56. The van der Waals surface area contributed by atoms with Crippen LogP contribution in [0.15, 0.2) is 17.1 Å². The molecule has 1 amide bonds. The number of aromatic nitrogens is 3. The molecule has 0 aliphatic rings. The van der Waals surface area contributed by atoms with Gasteiger partial charge in [-0.3, -0.25) is 14.7 Å². The van der Waals surface area contributed by atoms with Gasteiger partial charge in [-0.05, 0) is 6.92 Å². The van der Waals surface area contributed by atoms with Crippen LogP contribution in [0.5, 0.6) is 0 Å². The number of amides is 1. The van der Waals surface area contributed by atoms with E-state index in [0.29, 0.717) is 11.2 Å². The number of hydrogen-bond donors (Lipinski definition) is 2. The second kappa shape index (κ2) is 3.80. The van der Waals surface area contributed by atoms with Gasteiger partial charge in [0.1, 0.15) is 0 Å². The van der Waals surface area contributed by atoms with Crippen LogP contribution in [-0.2, 0) is 11.3 Å². The molecule has 2 aromatic rings. The quantitative estimate of drug-likeness (QED) is 0.745. The zero-order valence-corrected chi connectivity index (χ0v) is 9.07. The molecule has 0 bridgehead atoms. The molecule has 0 unspecified atom stereocenters. The summed E-state index contributed by atoms with van der Waals surface area (Å²) in [7, 11) is 0. The van der Waals surface area contributed by atoms with Crippen LogP contribution in [0.1, 0.15) is 18.2 Å². The third-order valence-corrected chi connectivity index (χ3v) is 2.43. The summed E-state index contributed by atoms with van der Waals surface area (Å²) in [5.41, 5.74) is 1.53. The second-order valence-corrected chi connectivity index (χ2v) is 3.55. The van der Waals surface area contributed by atoms with Gasteiger partial charge in [-0.15, -0.1) is 0 Å². The lowest BCUT2D eigenvalue weighted by atomic mass is 10.2. The summed E-state index contributed by atoms with van der Waals surface area (Å²) in [5, 5.41) is 5.54. The largest absolute Gasteiger partial charge is 0.352 e. The SMILES string of the molecule is CC(=O)NCc1c(C)n2[nH]ccc2nc1=O. The van der Waals surface area contributed by atoms with Crippen molar-refractivity contribution in [2.45, 2.75) is 20.4 Å². The molecule has 0 radical (unpaired) electrons. The number of fused-ring (bicyclic) bond motifs is 1. The van der Waals surface area contributed by atoms with Gasteiger partial charge in [-0.2, -0.15) is 4.98 Å². The van der Waals surface area contributed by atoms with E-state index in [1.165, 1.54) is 6.92 Å². The normalized spacial score (nSPS) is 10.6. The lowest BCUT2D eigenvalue weighted by Gasteiger charge is -2.06. The second-order valence-electron chi connectivity index (χ2n) is 3.55. The first-order valence-electron chi connectivity index (χ1n) is 4.89. The Hall–Kier alpha value is -2.11. The van der Waals surface area contributed by atoms with Gasteiger partial charge in [-0.25, -0.2) is 4.52 Å². The number of aryl methyl sites for hydroxylation is 1. The van der Waals surface area contributed by atoms with E-state index in [-0.39, 0.29) is 18.0 Å². The fraction of sp³-hybridized carbons (Fsp3) is 0.300. The number of hydrogen-bond acceptors (Lipinski definition) is 3. The predicted molar refractivity (Wildman–Crippen MR) is 58.1 cm³/mol. The Morgan fingerprint density at radius 3 is 3.06 bits per heavy atom. The summed E-state index contributed by atoms with van der Waals surface area (Å²) in [6.45, 7) is 3.42. The van der Waals surface area contributed by atoms with E-state index in [1.54, 1.807) is 16.8 Å². The number of carbonyl (C=O) groups is 1. The predicted octanol–water partition coefficient (Wildman–Crippen LogP) is -0.0329. The summed E-state index contributed by atoms with van der Waals surface area (Å²) in [6.07, 6.45) is 1.71. The number of nitrogens with zero attached hydrogens (tertiary/aromatic N) is 2. The maximum absolute atomic E-state index is 11.7. The molecule has 0 aliphatic heterocycles. The molecule has 6 heteroatoms. The molecule has 6 nitrogen and oxygen atoms in total. The monoisotopic (exact) mass is 220 g/mol. The van der Waals surface area contributed by atoms with Crippen LogP contribution in [0.25, 0.3) is 5.65 Å². The first-order chi connectivity index (χ1) is 7.59. The van der Waals surface area contributed by atoms with Crippen molar-refractivity contribution in [1.82, 2.24) is 19.9 Å². The Bertz CT molecular complexity index is 596. The van der Waals surface area contributed by atoms with Gasteiger partial charge in [0.25, 0.3) is 5.56 Å². The molecule has 16 heavy (non-hydrogen) atoms. The molecule has 2 rings (SSSR count). The van der Waals surface area contributed by atoms with Gasteiger partial charge < -0.3 is 5.32 Å². The number of rotatable bonds is 2. The van der Waals surface area contributed by atoms with E-state index in [0.717, 1.165) is 5.69 Å². The van der Waals surface area contributed by atoms with Crippen molar-refractivity contribution in [2.75, 3.05) is 0 Å². The molecule has 0 aliphatic carbocycles. The van der Waals surface area contributed by atoms with Gasteiger partial charge >= 0.3 is 0 Å². The maximum atomic E-state index is 11.7. The summed E-state index contributed by atoms with van der Waals surface area (Å²) in [6, 6.07) is 1.72. The molecule has 2 aromatic heterocycles. The van der Waals surface area contributed by atoms with Crippen LogP contribution in [-0.4, -0.2) is 20.5 Å². The van der Waals surface area contributed by atoms with E-state index in [9.17, 15) is 9.59 Å². The van der Waals surface area contributed by atoms with Crippen molar-refractivity contribution in [3.8, 4) is 0 Å². The van der Waals surface area contributed by atoms with Crippen LogP contribution < -0.4 is 10.9 Å². The van der Waals surface area contributed by atoms with Crippen molar-refractivity contribution in [2.24, 2.45) is 0 Å². The van der Waals surface area contributed by atoms with Crippen LogP contribution in [0, 0.1) is 6.92 Å². The third kappa shape index (κ3) is 1.69. The molecule has 0 saturated heterocycles. The molecular weight excluding hydrogens is 208 g/mol. The molecule has 0 saturated carbocycles. The summed E-state index contributed by atoms with van der Waals surface area (Å²) in [4.78, 5) is 26.4. The summed E-state index contributed by atoms with van der Waals surface area (Å²) in [5.74, 6) is -0.171. The zero-order valence-electron chi connectivity index (χ0n) is 9.07. The van der Waals surface area contributed by atoms with Crippen LogP contribution in [0.2, 0.25) is 0 Å². The molecule has 2 heterocycles. The topological polar surface area (TPSA) is 79.3 Å². The summed E-state index contributed by atoms with van der Waals surface area (Å²) < 4.78 is 1.71. The van der Waals surface area contributed by atoms with Crippen molar-refractivity contribution in [1.29, 1.82) is 0 Å². The zero-order chi connectivity index (χ0) is 11.7. The highest BCUT2D eigenvalue weighted by atomic mass is 16.1. The van der Waals surface area contributed by atoms with E-state index in [2.05, 4.69) is 15.4 Å². The van der Waals surface area contributed by atoms with Crippen molar-refractivity contribution in [3.05, 3.63) is 33.9 Å². The highest BCUT2D eigenvalue weighted by molar-refractivity contribution is 5.72. The number of carbonyl (C=O) groups excluding carboxylic acids is 1. The van der Waals surface area contributed by atoms with Gasteiger partial charge in [0.15, 0.2) is 5.65 Å². The van der Waals surface area contributed by atoms with E-state index < -0.39 is 0 Å². The van der Waals surface area contributed by atoms with Gasteiger partial charge in [0.05, 0.1) is 12.1 Å². The number of nitrogens with one attached hydrogen (secondary N) is 2. The number of H-pyrrole nitrogens is 1. The molecule has 0 aromatic carbocycles. The molecule has 84 valence electrons. The first kappa shape index (κ1) is 10.4. The lowest BCUT2D eigenvalue weighted by Crippen LogP contribution is -2.27. The minimum atomic E-state index is -0.300. The van der Waals surface area contributed by atoms with Crippen LogP contribution >= 0.6 is 0 Å². The Morgan fingerprint density at radius 2 is 2.38 bits per heavy atom. The fourth-order valence-electron chi connectivity index (χ4n) is 1.56. The third-order valence-electron chi connectivity index (χ3n) is 2.43. The van der Waals surface area contributed by atoms with Crippen LogP contribution in [0.3, 0.4) is 0 Å². The Balaban J connectivity index is 2.51. The average Bonchev–Trinajstić information content (AvgIpc) is 2.64. The molecule has 0 atom stereocenters. The molecule has 0 fully saturated rings. The van der Waals surface area contributed by atoms with Crippen molar-refractivity contribution in [3.63, 3.8) is 0 Å². The highest BCUT2D eigenvalue weighted by Crippen LogP contribution is 2.04. The maximum Gasteiger partial charge on any atom is 0.278 e. The first-order valence-corrected chi connectivity index (χ1v) is 4.89. The van der Waals surface area contributed by atoms with E-state index >= 15 is 0 Å². The van der Waals surface area contributed by atoms with Gasteiger partial charge in [0, 0.05) is 24.9 Å². The lowest BCUT2D eigenvalue weighted by molar-refractivity contribution is -0.119. The van der Waals surface area contributed by atoms with Gasteiger partial charge in [0.2, 0.25) is 5.91 Å². The minimum absolute atomic E-state index is 0.171. The van der Waals surface area contributed by atoms with Gasteiger partial charge in [-0.1, -0.05) is 0 Å². The number of aromatic amines is 1. The van der Waals surface area contributed by atoms with E-state index in [1.807, 2.05) is 6.92 Å². The Morgan fingerprint density at radius 1 is 1.62 bits per heavy atom. The van der Waals surface area contributed by atoms with Crippen molar-refractivity contribution < 1.29 is 4.79 Å². The Kier molecular flexibility index (Phi) is 2.47. The van der Waals surface area contributed by atoms with Crippen LogP contribution in [0.4, 0.5) is 0 Å². The standard InChI is InChI=1S/C10H12N4O2/c1-6-8(5-11-7(2)15)10(16)13-9-3-4-12-14(6)9/h3-4,12H,5H2,1-2H3,(H,11,15). The minimum Gasteiger partial charge on any atom is -0.352 e. The summed E-state index contributed by atoms with van der Waals surface area (Å²) >= 11 is 0. The molecule has 2 N–H and O–H groups in total. The smallest absolute Gasteiger partial charge is 0.278 e. The average molecular weight is 220 g/mol. The van der Waals surface area contributed by atoms with E-state index in [4.69, 9.17) is 0 Å². The Labute approximate surface area is 91.3 Å². The molecule has 0 spiro atoms. The highest BCUT2D eigenvalue weighted by Gasteiger charge is 2.09. The molecular formula is C10H12N4O2.